The molecule has 1 aliphatic rings. The van der Waals surface area contributed by atoms with E-state index in [0.717, 1.165) is 0 Å². The van der Waals surface area contributed by atoms with Crippen molar-refractivity contribution < 1.29 is 28.5 Å². The molecule has 0 saturated heterocycles. The fraction of sp³-hybridized carbons (Fsp3) is 0.158. The number of rotatable bonds is 6. The SMILES string of the molecule is CCOC(=O)c1cccc(-c2ccc(/C=C/C3=NC(=O)C([N+](=O)[O-])C(=O)N3)o2)c1. The zero-order chi connectivity index (χ0) is 21.0. The van der Waals surface area contributed by atoms with E-state index in [1.54, 1.807) is 43.3 Å². The number of nitro groups is 1. The Kier molecular flexibility index (Phi) is 5.63. The molecule has 1 aliphatic heterocycles. The molecule has 148 valence electrons. The van der Waals surface area contributed by atoms with Crippen molar-refractivity contribution in [2.45, 2.75) is 13.0 Å². The summed E-state index contributed by atoms with van der Waals surface area (Å²) in [5.41, 5.74) is 1.04. The molecule has 0 bridgehead atoms. The standard InChI is InChI=1S/C19H15N3O7/c1-2-28-19(25)12-5-3-4-11(10-12)14-8-6-13(29-14)7-9-15-20-17(23)16(22(26)27)18(24)21-15/h3-10,16H,2H2,1H3,(H,20,21,23,24)/b9-7+. The topological polar surface area (TPSA) is 141 Å². The number of amides is 2. The number of hydrogen-bond donors (Lipinski definition) is 1. The second kappa shape index (κ2) is 8.30. The van der Waals surface area contributed by atoms with Crippen LogP contribution >= 0.6 is 0 Å². The number of ether oxygens (including phenoxy) is 1. The summed E-state index contributed by atoms with van der Waals surface area (Å²) in [5.74, 6) is -1.90. The Hall–Kier alpha value is -4.08. The summed E-state index contributed by atoms with van der Waals surface area (Å²) < 4.78 is 10.6. The minimum atomic E-state index is -2.03. The van der Waals surface area contributed by atoms with Crippen molar-refractivity contribution in [2.24, 2.45) is 4.99 Å². The quantitative estimate of drug-likeness (QED) is 0.339. The minimum Gasteiger partial charge on any atom is -0.462 e. The summed E-state index contributed by atoms with van der Waals surface area (Å²) in [5, 5.41) is 12.9. The van der Waals surface area contributed by atoms with Gasteiger partial charge in [-0.15, -0.1) is 0 Å². The number of benzene rings is 1. The van der Waals surface area contributed by atoms with Crippen molar-refractivity contribution in [3.63, 3.8) is 0 Å². The predicted octanol–water partition coefficient (Wildman–Crippen LogP) is 1.84. The smallest absolute Gasteiger partial charge is 0.368 e. The van der Waals surface area contributed by atoms with Crippen molar-refractivity contribution in [2.75, 3.05) is 6.61 Å². The van der Waals surface area contributed by atoms with E-state index in [4.69, 9.17) is 9.15 Å². The molecule has 0 spiro atoms. The maximum absolute atomic E-state index is 11.8. The maximum Gasteiger partial charge on any atom is 0.368 e. The first kappa shape index (κ1) is 19.7. The van der Waals surface area contributed by atoms with Crippen LogP contribution in [-0.2, 0) is 14.3 Å². The molecule has 1 aromatic heterocycles. The van der Waals surface area contributed by atoms with Crippen molar-refractivity contribution in [1.29, 1.82) is 0 Å². The third-order valence-electron chi connectivity index (χ3n) is 3.87. The molecule has 3 rings (SSSR count). The van der Waals surface area contributed by atoms with Gasteiger partial charge in [-0.3, -0.25) is 19.7 Å². The van der Waals surface area contributed by atoms with Crippen molar-refractivity contribution in [3.05, 3.63) is 63.9 Å². The summed E-state index contributed by atoms with van der Waals surface area (Å²) >= 11 is 0. The summed E-state index contributed by atoms with van der Waals surface area (Å²) in [6, 6.07) is 8.00. The molecule has 1 aromatic carbocycles. The Morgan fingerprint density at radius 3 is 2.79 bits per heavy atom. The molecule has 1 atom stereocenters. The Morgan fingerprint density at radius 1 is 1.31 bits per heavy atom. The molecule has 10 heteroatoms. The van der Waals surface area contributed by atoms with Crippen LogP contribution < -0.4 is 5.32 Å². The lowest BCUT2D eigenvalue weighted by molar-refractivity contribution is -0.493. The highest BCUT2D eigenvalue weighted by molar-refractivity contribution is 6.21. The predicted molar refractivity (Wildman–Crippen MR) is 101 cm³/mol. The van der Waals surface area contributed by atoms with E-state index < -0.39 is 28.7 Å². The second-order valence-electron chi connectivity index (χ2n) is 5.85. The highest BCUT2D eigenvalue weighted by Gasteiger charge is 2.41. The highest BCUT2D eigenvalue weighted by atomic mass is 16.6. The van der Waals surface area contributed by atoms with Gasteiger partial charge >= 0.3 is 23.8 Å². The van der Waals surface area contributed by atoms with Crippen LogP contribution in [-0.4, -0.2) is 41.2 Å². The van der Waals surface area contributed by atoms with Crippen molar-refractivity contribution >= 4 is 29.7 Å². The van der Waals surface area contributed by atoms with E-state index in [9.17, 15) is 24.5 Å². The van der Waals surface area contributed by atoms with Gasteiger partial charge in [0.05, 0.1) is 12.2 Å². The number of hydrogen-bond acceptors (Lipinski definition) is 7. The van der Waals surface area contributed by atoms with Crippen LogP contribution in [0, 0.1) is 10.1 Å². The first-order valence-corrected chi connectivity index (χ1v) is 8.51. The molecule has 0 saturated carbocycles. The first-order valence-electron chi connectivity index (χ1n) is 8.51. The molecule has 0 fully saturated rings. The van der Waals surface area contributed by atoms with Gasteiger partial charge in [-0.1, -0.05) is 12.1 Å². The van der Waals surface area contributed by atoms with Crippen LogP contribution in [0.3, 0.4) is 0 Å². The van der Waals surface area contributed by atoms with Crippen LogP contribution in [0.25, 0.3) is 17.4 Å². The van der Waals surface area contributed by atoms with Gasteiger partial charge in [-0.05, 0) is 43.3 Å². The molecule has 2 aromatic rings. The fourth-order valence-electron chi connectivity index (χ4n) is 2.55. The average molecular weight is 397 g/mol. The zero-order valence-electron chi connectivity index (χ0n) is 15.2. The lowest BCUT2D eigenvalue weighted by Crippen LogP contribution is -2.50. The number of aliphatic imine (C=N–C) groups is 1. The van der Waals surface area contributed by atoms with E-state index >= 15 is 0 Å². The normalized spacial score (nSPS) is 16.4. The maximum atomic E-state index is 11.8. The lowest BCUT2D eigenvalue weighted by Gasteiger charge is -2.12. The number of amidine groups is 1. The molecular formula is C19H15N3O7. The van der Waals surface area contributed by atoms with Crippen LogP contribution in [0.4, 0.5) is 0 Å². The number of esters is 1. The van der Waals surface area contributed by atoms with Gasteiger partial charge < -0.3 is 14.5 Å². The van der Waals surface area contributed by atoms with E-state index in [1.807, 2.05) is 0 Å². The van der Waals surface area contributed by atoms with Crippen LogP contribution in [0.5, 0.6) is 0 Å². The van der Waals surface area contributed by atoms with Gasteiger partial charge in [-0.2, -0.15) is 4.99 Å². The summed E-state index contributed by atoms with van der Waals surface area (Å²) in [6.45, 7) is 1.99. The van der Waals surface area contributed by atoms with E-state index in [1.165, 1.54) is 12.2 Å². The van der Waals surface area contributed by atoms with Gasteiger partial charge in [0.25, 0.3) is 0 Å². The molecule has 2 amide bonds. The second-order valence-corrected chi connectivity index (χ2v) is 5.85. The van der Waals surface area contributed by atoms with Crippen molar-refractivity contribution in [3.8, 4) is 11.3 Å². The highest BCUT2D eigenvalue weighted by Crippen LogP contribution is 2.24. The molecule has 1 unspecified atom stereocenters. The Labute approximate surface area is 164 Å². The summed E-state index contributed by atoms with van der Waals surface area (Å²) in [4.78, 5) is 48.3. The monoisotopic (exact) mass is 397 g/mol. The van der Waals surface area contributed by atoms with Crippen molar-refractivity contribution in [1.82, 2.24) is 5.32 Å². The molecule has 0 aliphatic carbocycles. The number of carbonyl (C=O) groups is 3. The molecule has 2 heterocycles. The molecular weight excluding hydrogens is 382 g/mol. The Bertz CT molecular complexity index is 1050. The van der Waals surface area contributed by atoms with Crippen LogP contribution in [0.15, 0.2) is 51.9 Å². The van der Waals surface area contributed by atoms with Gasteiger partial charge in [-0.25, -0.2) is 4.79 Å². The largest absolute Gasteiger partial charge is 0.462 e. The third-order valence-corrected chi connectivity index (χ3v) is 3.87. The van der Waals surface area contributed by atoms with Gasteiger partial charge in [0.1, 0.15) is 17.4 Å². The van der Waals surface area contributed by atoms with E-state index in [-0.39, 0.29) is 12.4 Å². The summed E-state index contributed by atoms with van der Waals surface area (Å²) in [6.07, 6.45) is 2.74. The molecule has 0 radical (unpaired) electrons. The zero-order valence-corrected chi connectivity index (χ0v) is 15.2. The fourth-order valence-corrected chi connectivity index (χ4v) is 2.55. The summed E-state index contributed by atoms with van der Waals surface area (Å²) in [7, 11) is 0. The van der Waals surface area contributed by atoms with E-state index in [2.05, 4.69) is 10.3 Å². The lowest BCUT2D eigenvalue weighted by atomic mass is 10.1. The molecule has 10 nitrogen and oxygen atoms in total. The number of furan rings is 1. The number of nitrogens with zero attached hydrogens (tertiary/aromatic N) is 2. The third kappa shape index (κ3) is 4.43. The van der Waals surface area contributed by atoms with Crippen LogP contribution in [0.2, 0.25) is 0 Å². The first-order chi connectivity index (χ1) is 13.9. The van der Waals surface area contributed by atoms with E-state index in [0.29, 0.717) is 22.6 Å². The Balaban J connectivity index is 1.76. The number of carbonyl (C=O) groups excluding carboxylic acids is 3. The number of nitrogens with one attached hydrogen (secondary N) is 1. The van der Waals surface area contributed by atoms with Gasteiger partial charge in [0.15, 0.2) is 0 Å². The van der Waals surface area contributed by atoms with Gasteiger partial charge in [0.2, 0.25) is 0 Å². The van der Waals surface area contributed by atoms with Gasteiger partial charge in [0, 0.05) is 10.5 Å². The average Bonchev–Trinajstić information content (AvgIpc) is 3.15. The molecule has 1 N–H and O–H groups in total. The minimum absolute atomic E-state index is 0.125. The Morgan fingerprint density at radius 2 is 2.10 bits per heavy atom. The molecule has 29 heavy (non-hydrogen) atoms. The van der Waals surface area contributed by atoms with Crippen LogP contribution in [0.1, 0.15) is 23.0 Å².